The van der Waals surface area contributed by atoms with Crippen LogP contribution in [0.25, 0.3) is 0 Å². The van der Waals surface area contributed by atoms with Gasteiger partial charge in [-0.05, 0) is 47.0 Å². The number of aliphatic hydroxyl groups excluding tert-OH is 9. The molecule has 618 valence electrons. The number of H-pyrrole nitrogens is 1. The van der Waals surface area contributed by atoms with Crippen LogP contribution in [0.1, 0.15) is 60.6 Å². The minimum absolute atomic E-state index is 0.0296. The topological polar surface area (TPSA) is 798 Å². The molecule has 31 N–H and O–H groups in total. The Labute approximate surface area is 625 Å². The van der Waals surface area contributed by atoms with Crippen LogP contribution in [0, 0.1) is 5.92 Å². The SMILES string of the molecule is CC(C)C[C@H](NC(=O)[C@H](Cc1cnc[nH]1)NC(=O)[C@@H](NC(=O)[C@H](C)NC(=O)[C@H](CO)NC(=O)CNC(=O)[C@H](CO)NC(=O)[C@H](C)NC(=O)[C@H](CO)NC(=O)[C@H](CO)NC(=O)CNC(=O)[C@H](CO)NC(=O)CNC(=O)CNC(=O)[C@@H](NC(=O)[C@H](C)NC(=O)[C@H](CO)NC(=O)CNC(=O)[C@@H](N)CO)[C@@H](C)O)[C@@H](C)O)C(=O)O. The lowest BCUT2D eigenvalue weighted by Gasteiger charge is -2.27. The van der Waals surface area contributed by atoms with E-state index in [1.807, 2.05) is 26.6 Å². The van der Waals surface area contributed by atoms with E-state index in [0.29, 0.717) is 5.69 Å². The minimum atomic E-state index is -1.92. The van der Waals surface area contributed by atoms with Crippen molar-refractivity contribution in [3.63, 3.8) is 0 Å². The molecule has 0 saturated carbocycles. The number of aliphatic carboxylic acids is 1. The van der Waals surface area contributed by atoms with Gasteiger partial charge in [-0.15, -0.1) is 0 Å². The molecule has 0 spiro atoms. The third-order valence-electron chi connectivity index (χ3n) is 15.0. The highest BCUT2D eigenvalue weighted by Gasteiger charge is 2.37. The Hall–Kier alpha value is -11.3. The maximum Gasteiger partial charge on any atom is 0.326 e. The fourth-order valence-electron chi connectivity index (χ4n) is 8.75. The number of carboxylic acid groups (broad SMARTS) is 1. The van der Waals surface area contributed by atoms with E-state index in [9.17, 15) is 137 Å². The highest BCUT2D eigenvalue weighted by Crippen LogP contribution is 2.09. The largest absolute Gasteiger partial charge is 0.480 e. The second-order valence-electron chi connectivity index (χ2n) is 24.7. The summed E-state index contributed by atoms with van der Waals surface area (Å²) < 4.78 is 0. The van der Waals surface area contributed by atoms with Gasteiger partial charge >= 0.3 is 5.97 Å². The first-order valence-corrected chi connectivity index (χ1v) is 33.5. The number of hydrogen-bond acceptors (Lipinski definition) is 30. The molecule has 50 heteroatoms. The molecule has 1 aromatic rings. The van der Waals surface area contributed by atoms with Gasteiger partial charge in [0.1, 0.15) is 84.6 Å². The Morgan fingerprint density at radius 1 is 0.345 bits per heavy atom. The third kappa shape index (κ3) is 35.2. The summed E-state index contributed by atoms with van der Waals surface area (Å²) in [5.41, 5.74) is 5.66. The summed E-state index contributed by atoms with van der Waals surface area (Å²) in [7, 11) is 0. The first-order valence-electron chi connectivity index (χ1n) is 33.5. The zero-order valence-electron chi connectivity index (χ0n) is 60.6. The fourth-order valence-corrected chi connectivity index (χ4v) is 8.75. The number of nitrogens with two attached hydrogens (primary N) is 1. The van der Waals surface area contributed by atoms with Gasteiger partial charge < -0.3 is 157 Å². The summed E-state index contributed by atoms with van der Waals surface area (Å²) in [5.74, 6) is -21.9. The van der Waals surface area contributed by atoms with E-state index in [0.717, 1.165) is 34.6 Å². The highest BCUT2D eigenvalue weighted by atomic mass is 16.4. The number of carbonyl (C=O) groups is 19. The molecule has 1 rings (SSSR count). The number of aromatic nitrogens is 2. The summed E-state index contributed by atoms with van der Waals surface area (Å²) in [4.78, 5) is 250. The lowest BCUT2D eigenvalue weighted by atomic mass is 10.0. The van der Waals surface area contributed by atoms with Gasteiger partial charge in [0.15, 0.2) is 0 Å². The van der Waals surface area contributed by atoms with Gasteiger partial charge in [0.2, 0.25) is 106 Å². The van der Waals surface area contributed by atoms with E-state index in [2.05, 4.69) is 79.1 Å². The summed E-state index contributed by atoms with van der Waals surface area (Å²) in [6.07, 6.45) is -0.886. The van der Waals surface area contributed by atoms with Gasteiger partial charge in [0.25, 0.3) is 0 Å². The van der Waals surface area contributed by atoms with E-state index in [1.54, 1.807) is 13.8 Å². The first kappa shape index (κ1) is 96.8. The number of rotatable bonds is 50. The molecule has 0 aliphatic heterocycles. The highest BCUT2D eigenvalue weighted by molar-refractivity contribution is 6.00. The van der Waals surface area contributed by atoms with Crippen LogP contribution in [-0.2, 0) is 97.5 Å². The molecule has 0 saturated heterocycles. The number of carboxylic acids is 1. The van der Waals surface area contributed by atoms with Crippen molar-refractivity contribution in [2.24, 2.45) is 11.7 Å². The van der Waals surface area contributed by atoms with E-state index in [4.69, 9.17) is 10.8 Å². The molecule has 0 bridgehead atoms. The third-order valence-corrected chi connectivity index (χ3v) is 15.0. The Morgan fingerprint density at radius 3 is 1.01 bits per heavy atom. The molecule has 1 aromatic heterocycles. The van der Waals surface area contributed by atoms with Gasteiger partial charge in [-0.2, -0.15) is 0 Å². The first-order chi connectivity index (χ1) is 51.6. The van der Waals surface area contributed by atoms with Crippen LogP contribution < -0.4 is 101 Å². The predicted molar refractivity (Wildman–Crippen MR) is 367 cm³/mol. The van der Waals surface area contributed by atoms with Gasteiger partial charge in [-0.1, -0.05) is 13.8 Å². The number of hydrogen-bond donors (Lipinski definition) is 30. The number of carbonyl (C=O) groups excluding carboxylic acids is 18. The lowest BCUT2D eigenvalue weighted by molar-refractivity contribution is -0.143. The normalized spacial score (nSPS) is 15.3. The lowest BCUT2D eigenvalue weighted by Crippen LogP contribution is -2.61. The molecular formula is C60H99N21O29. The molecule has 110 heavy (non-hydrogen) atoms. The molecular weight excluding hydrogens is 1480 g/mol. The monoisotopic (exact) mass is 1580 g/mol. The van der Waals surface area contributed by atoms with Crippen LogP contribution in [0.2, 0.25) is 0 Å². The summed E-state index contributed by atoms with van der Waals surface area (Å²) in [5, 5.41) is 136. The number of nitrogens with zero attached hydrogens (tertiary/aromatic N) is 1. The molecule has 0 unspecified atom stereocenters. The average molecular weight is 1580 g/mol. The van der Waals surface area contributed by atoms with Crippen molar-refractivity contribution in [1.29, 1.82) is 0 Å². The van der Waals surface area contributed by atoms with E-state index in [-0.39, 0.29) is 18.8 Å². The van der Waals surface area contributed by atoms with Gasteiger partial charge in [-0.3, -0.25) is 86.3 Å². The Morgan fingerprint density at radius 2 is 0.645 bits per heavy atom. The number of aromatic amines is 1. The second-order valence-corrected chi connectivity index (χ2v) is 24.7. The molecule has 18 amide bonds. The van der Waals surface area contributed by atoms with Crippen LogP contribution in [0.4, 0.5) is 0 Å². The minimum Gasteiger partial charge on any atom is -0.480 e. The summed E-state index contributed by atoms with van der Waals surface area (Å²) in [6, 6.07) is -23.4. The van der Waals surface area contributed by atoms with Crippen molar-refractivity contribution in [3.05, 3.63) is 18.2 Å². The Bertz CT molecular complexity index is 3350. The van der Waals surface area contributed by atoms with Crippen LogP contribution >= 0.6 is 0 Å². The van der Waals surface area contributed by atoms with E-state index >= 15 is 0 Å². The standard InChI is InChI=1S/C60H99N21O29/c1-24(2)8-33(60(109)110)77-53(102)32(9-30-10-62-23-68-30)76-59(108)46(29(7)90)81-49(98)27(5)71-55(104)37(20-86)74-43(94)15-66-52(101)35(18-84)78-47(96)25(3)69-56(105)39(22-88)79-57(106)38(21-87)75-44(95)14-65-51(100)34(17-83)72-41(92)12-63-40(91)11-67-58(107)45(28(6)89)80-48(97)26(4)70-54(103)36(19-85)73-42(93)13-64-50(99)31(61)16-82/h10,23-29,31-39,45-46,82-90H,8-9,11-22,61H2,1-7H3,(H,62,68)(H,63,91)(H,64,99)(H,65,100)(H,66,101)(H,67,107)(H,69,105)(H,70,103)(H,71,104)(H,72,92)(H,73,93)(H,74,94)(H,75,95)(H,76,108)(H,77,102)(H,78,96)(H,79,106)(H,80,97)(H,81,98)(H,109,110)/t25-,26-,27-,28+,29+,31-,32-,33-,34-,35-,36-,37-,38-,39-,45-,46-/m0/s1. The van der Waals surface area contributed by atoms with Crippen molar-refractivity contribution >= 4 is 112 Å². The molecule has 0 radical (unpaired) electrons. The van der Waals surface area contributed by atoms with Crippen LogP contribution in [0.5, 0.6) is 0 Å². The van der Waals surface area contributed by atoms with Crippen LogP contribution in [0.15, 0.2) is 12.5 Å². The number of aliphatic hydroxyl groups is 9. The Balaban J connectivity index is 2.74. The van der Waals surface area contributed by atoms with Gasteiger partial charge in [-0.25, -0.2) is 9.78 Å². The number of imidazole rings is 1. The molecule has 16 atom stereocenters. The zero-order chi connectivity index (χ0) is 83.8. The molecule has 50 nitrogen and oxygen atoms in total. The molecule has 0 fully saturated rings. The quantitative estimate of drug-likeness (QED) is 0.0288. The van der Waals surface area contributed by atoms with E-state index < -0.39 is 288 Å². The molecule has 0 aromatic carbocycles. The van der Waals surface area contributed by atoms with Crippen molar-refractivity contribution in [1.82, 2.24) is 106 Å². The Kier molecular flexibility index (Phi) is 43.7. The average Bonchev–Trinajstić information content (AvgIpc) is 1.50. The zero-order valence-corrected chi connectivity index (χ0v) is 60.6. The van der Waals surface area contributed by atoms with Crippen LogP contribution in [0.3, 0.4) is 0 Å². The van der Waals surface area contributed by atoms with Gasteiger partial charge in [0.05, 0.1) is 97.5 Å². The maximum absolute atomic E-state index is 13.5. The predicted octanol–water partition coefficient (Wildman–Crippen LogP) is -18.9. The van der Waals surface area contributed by atoms with Crippen LogP contribution in [-0.4, -0.2) is 349 Å². The smallest absolute Gasteiger partial charge is 0.326 e. The summed E-state index contributed by atoms with van der Waals surface area (Å²) in [6.45, 7) is -3.03. The molecule has 1 heterocycles. The van der Waals surface area contributed by atoms with Crippen molar-refractivity contribution < 1.29 is 142 Å². The van der Waals surface area contributed by atoms with E-state index in [1.165, 1.54) is 12.5 Å². The number of nitrogens with one attached hydrogen (secondary N) is 19. The fraction of sp³-hybridized carbons (Fsp3) is 0.633. The maximum atomic E-state index is 13.5. The molecule has 0 aliphatic carbocycles. The van der Waals surface area contributed by atoms with Gasteiger partial charge in [0, 0.05) is 18.3 Å². The summed E-state index contributed by atoms with van der Waals surface area (Å²) >= 11 is 0. The van der Waals surface area contributed by atoms with Crippen molar-refractivity contribution in [3.8, 4) is 0 Å². The van der Waals surface area contributed by atoms with Crippen molar-refractivity contribution in [2.45, 2.75) is 158 Å². The molecule has 0 aliphatic rings. The number of amides is 18. The second kappa shape index (κ2) is 49.6. The van der Waals surface area contributed by atoms with Crippen molar-refractivity contribution in [2.75, 3.05) is 79.0 Å².